The molecule has 25 heavy (non-hydrogen) atoms. The summed E-state index contributed by atoms with van der Waals surface area (Å²) in [5.41, 5.74) is 2.01. The molecule has 0 aromatic heterocycles. The van der Waals surface area contributed by atoms with Crippen LogP contribution >= 0.6 is 11.6 Å². The van der Waals surface area contributed by atoms with Crippen LogP contribution in [0.4, 0.5) is 11.4 Å². The van der Waals surface area contributed by atoms with Crippen LogP contribution in [0.25, 0.3) is 0 Å². The molecule has 5 rings (SSSR count). The predicted octanol–water partition coefficient (Wildman–Crippen LogP) is 5.32. The molecule has 0 radical (unpaired) electrons. The van der Waals surface area contributed by atoms with Crippen molar-refractivity contribution in [2.75, 3.05) is 18.0 Å². The predicted molar refractivity (Wildman–Crippen MR) is 101 cm³/mol. The van der Waals surface area contributed by atoms with Crippen molar-refractivity contribution in [3.63, 3.8) is 0 Å². The molecule has 0 N–H and O–H groups in total. The summed E-state index contributed by atoms with van der Waals surface area (Å²) in [5, 5.41) is 0.704. The number of rotatable bonds is 1. The fourth-order valence-electron chi connectivity index (χ4n) is 3.74. The number of anilines is 2. The highest BCUT2D eigenvalue weighted by molar-refractivity contribution is 6.31. The van der Waals surface area contributed by atoms with Crippen LogP contribution in [0, 0.1) is 0 Å². The molecule has 3 aliphatic heterocycles. The summed E-state index contributed by atoms with van der Waals surface area (Å²) in [7, 11) is 0. The summed E-state index contributed by atoms with van der Waals surface area (Å²) >= 11 is 6.30. The van der Waals surface area contributed by atoms with Crippen LogP contribution in [0.2, 0.25) is 5.02 Å². The molecule has 0 amide bonds. The van der Waals surface area contributed by atoms with E-state index < -0.39 is 0 Å². The van der Waals surface area contributed by atoms with Gasteiger partial charge < -0.3 is 9.64 Å². The maximum absolute atomic E-state index is 6.30. The number of fused-ring (bicyclic) bond motifs is 2. The minimum Gasteiger partial charge on any atom is -0.453 e. The van der Waals surface area contributed by atoms with Gasteiger partial charge in [0.05, 0.1) is 11.4 Å². The van der Waals surface area contributed by atoms with Gasteiger partial charge in [-0.2, -0.15) is 0 Å². The fraction of sp³-hybridized carbons (Fsp3) is 0.250. The number of hydrogen-bond acceptors (Lipinski definition) is 4. The molecule has 0 saturated carbocycles. The summed E-state index contributed by atoms with van der Waals surface area (Å²) in [5.74, 6) is 4.03. The molecule has 0 aliphatic carbocycles. The van der Waals surface area contributed by atoms with Gasteiger partial charge in [-0.15, -0.1) is 0 Å². The Morgan fingerprint density at radius 1 is 1.04 bits per heavy atom. The zero-order valence-electron chi connectivity index (χ0n) is 13.8. The van der Waals surface area contributed by atoms with E-state index in [4.69, 9.17) is 21.3 Å². The van der Waals surface area contributed by atoms with Crippen molar-refractivity contribution in [1.82, 2.24) is 4.90 Å². The Hall–Kier alpha value is -2.46. The van der Waals surface area contributed by atoms with Crippen molar-refractivity contribution in [2.24, 2.45) is 4.99 Å². The zero-order chi connectivity index (χ0) is 16.8. The molecule has 2 aromatic carbocycles. The van der Waals surface area contributed by atoms with Gasteiger partial charge in [-0.05, 0) is 49.2 Å². The van der Waals surface area contributed by atoms with E-state index in [9.17, 15) is 0 Å². The third-order valence-corrected chi connectivity index (χ3v) is 5.07. The van der Waals surface area contributed by atoms with Gasteiger partial charge in [-0.25, -0.2) is 0 Å². The molecule has 0 spiro atoms. The molecular formula is C20H18ClN3O. The molecule has 3 heterocycles. The smallest absolute Gasteiger partial charge is 0.151 e. The van der Waals surface area contributed by atoms with Crippen molar-refractivity contribution < 1.29 is 4.74 Å². The normalized spacial score (nSPS) is 18.4. The molecular weight excluding hydrogens is 334 g/mol. The highest BCUT2D eigenvalue weighted by Crippen LogP contribution is 2.50. The first-order chi connectivity index (χ1) is 12.3. The van der Waals surface area contributed by atoms with Crippen LogP contribution in [0.5, 0.6) is 11.5 Å². The van der Waals surface area contributed by atoms with Crippen LogP contribution in [0.3, 0.4) is 0 Å². The second-order valence-electron chi connectivity index (χ2n) is 6.42. The number of halogens is 1. The van der Waals surface area contributed by atoms with Crippen LogP contribution in [-0.4, -0.2) is 23.8 Å². The quantitative estimate of drug-likeness (QED) is 0.695. The van der Waals surface area contributed by atoms with E-state index in [0.717, 1.165) is 61.0 Å². The first kappa shape index (κ1) is 14.8. The molecule has 0 unspecified atom stereocenters. The van der Waals surface area contributed by atoms with Crippen molar-refractivity contribution in [1.29, 1.82) is 0 Å². The van der Waals surface area contributed by atoms with Crippen LogP contribution in [0.15, 0.2) is 59.4 Å². The molecule has 0 bridgehead atoms. The van der Waals surface area contributed by atoms with E-state index in [1.165, 1.54) is 5.84 Å². The molecule has 3 aliphatic rings. The first-order valence-electron chi connectivity index (χ1n) is 8.69. The number of nitrogens with zero attached hydrogens (tertiary/aromatic N) is 3. The Balaban J connectivity index is 1.66. The van der Waals surface area contributed by atoms with Crippen LogP contribution in [-0.2, 0) is 0 Å². The van der Waals surface area contributed by atoms with Crippen molar-refractivity contribution >= 4 is 28.8 Å². The average molecular weight is 352 g/mol. The Morgan fingerprint density at radius 3 is 2.80 bits per heavy atom. The number of ether oxygens (including phenoxy) is 1. The number of hydrogen-bond donors (Lipinski definition) is 0. The van der Waals surface area contributed by atoms with E-state index >= 15 is 0 Å². The fourth-order valence-corrected chi connectivity index (χ4v) is 3.91. The summed E-state index contributed by atoms with van der Waals surface area (Å²) in [6.07, 6.45) is 5.49. The second-order valence-corrected chi connectivity index (χ2v) is 6.86. The largest absolute Gasteiger partial charge is 0.453 e. The van der Waals surface area contributed by atoms with E-state index in [0.29, 0.717) is 5.02 Å². The topological polar surface area (TPSA) is 28.1 Å². The lowest BCUT2D eigenvalue weighted by atomic mass is 10.1. The lowest BCUT2D eigenvalue weighted by Crippen LogP contribution is -2.35. The van der Waals surface area contributed by atoms with Gasteiger partial charge in [0.25, 0.3) is 0 Å². The van der Waals surface area contributed by atoms with E-state index in [-0.39, 0.29) is 0 Å². The standard InChI is InChI=1S/C20H18ClN3O/c21-14-9-10-18-16(13-14)24(15-5-1-2-6-17(15)25-18)20-8-4-12-23(20)19-7-3-11-22-19/h1-2,5-6,8-10,13H,3-4,7,11-12H2. The number of para-hydroxylation sites is 2. The monoisotopic (exact) mass is 351 g/mol. The van der Waals surface area contributed by atoms with Crippen LogP contribution in [0.1, 0.15) is 19.3 Å². The Morgan fingerprint density at radius 2 is 1.92 bits per heavy atom. The molecule has 2 aromatic rings. The summed E-state index contributed by atoms with van der Waals surface area (Å²) in [6, 6.07) is 13.9. The van der Waals surface area contributed by atoms with Gasteiger partial charge in [-0.1, -0.05) is 23.7 Å². The minimum absolute atomic E-state index is 0.704. The molecule has 4 nitrogen and oxygen atoms in total. The Kier molecular flexibility index (Phi) is 3.45. The van der Waals surface area contributed by atoms with Crippen molar-refractivity contribution in [3.8, 4) is 11.5 Å². The molecule has 0 fully saturated rings. The van der Waals surface area contributed by atoms with Crippen LogP contribution < -0.4 is 9.64 Å². The minimum atomic E-state index is 0.704. The first-order valence-corrected chi connectivity index (χ1v) is 9.07. The van der Waals surface area contributed by atoms with Gasteiger partial charge in [0.15, 0.2) is 11.5 Å². The van der Waals surface area contributed by atoms with Gasteiger partial charge in [0.2, 0.25) is 0 Å². The number of aliphatic imine (C=N–C) groups is 1. The SMILES string of the molecule is Clc1ccc2c(c1)N(C1=CCCN1C1=NCCC1)c1ccccc1O2. The highest BCUT2D eigenvalue weighted by atomic mass is 35.5. The highest BCUT2D eigenvalue weighted by Gasteiger charge is 2.33. The third kappa shape index (κ3) is 2.40. The van der Waals surface area contributed by atoms with E-state index in [1.807, 2.05) is 36.4 Å². The van der Waals surface area contributed by atoms with Crippen molar-refractivity contribution in [3.05, 3.63) is 59.4 Å². The summed E-state index contributed by atoms with van der Waals surface area (Å²) < 4.78 is 6.11. The summed E-state index contributed by atoms with van der Waals surface area (Å²) in [4.78, 5) is 9.31. The Labute approximate surface area is 152 Å². The van der Waals surface area contributed by atoms with Gasteiger partial charge in [0, 0.05) is 24.5 Å². The molecule has 126 valence electrons. The zero-order valence-corrected chi connectivity index (χ0v) is 14.5. The maximum atomic E-state index is 6.30. The second kappa shape index (κ2) is 5.81. The van der Waals surface area contributed by atoms with E-state index in [2.05, 4.69) is 21.9 Å². The number of benzene rings is 2. The van der Waals surface area contributed by atoms with Crippen molar-refractivity contribution in [2.45, 2.75) is 19.3 Å². The molecule has 0 atom stereocenters. The lowest BCUT2D eigenvalue weighted by molar-refractivity contribution is 0.467. The van der Waals surface area contributed by atoms with Gasteiger partial charge >= 0.3 is 0 Å². The molecule has 0 saturated heterocycles. The van der Waals surface area contributed by atoms with Gasteiger partial charge in [0.1, 0.15) is 11.7 Å². The molecule has 5 heteroatoms. The Bertz CT molecular complexity index is 906. The maximum Gasteiger partial charge on any atom is 0.151 e. The third-order valence-electron chi connectivity index (χ3n) is 4.84. The number of amidine groups is 1. The van der Waals surface area contributed by atoms with Gasteiger partial charge in [-0.3, -0.25) is 9.89 Å². The summed E-state index contributed by atoms with van der Waals surface area (Å²) in [6.45, 7) is 1.91. The average Bonchev–Trinajstić information content (AvgIpc) is 3.31. The lowest BCUT2D eigenvalue weighted by Gasteiger charge is -2.37. The van der Waals surface area contributed by atoms with E-state index in [1.54, 1.807) is 0 Å².